The minimum absolute atomic E-state index is 0.147. The molecule has 0 spiro atoms. The number of amides is 1. The standard InChI is InChI=1S/C13H26N4O/c1-2-3-4-5-6-7-10-13(18)15-11-8-9-12-16-17-14/h2-12H2,1H3,(H,15,18). The zero-order valence-electron chi connectivity index (χ0n) is 11.5. The molecule has 0 heterocycles. The first-order valence-electron chi connectivity index (χ1n) is 7.08. The quantitative estimate of drug-likeness (QED) is 0.243. The zero-order chi connectivity index (χ0) is 13.5. The number of carbonyl (C=O) groups is 1. The predicted molar refractivity (Wildman–Crippen MR) is 74.2 cm³/mol. The van der Waals surface area contributed by atoms with Crippen molar-refractivity contribution in [2.75, 3.05) is 13.1 Å². The van der Waals surface area contributed by atoms with Gasteiger partial charge in [0.05, 0.1) is 0 Å². The number of nitrogens with zero attached hydrogens (tertiary/aromatic N) is 3. The summed E-state index contributed by atoms with van der Waals surface area (Å²) in [4.78, 5) is 14.1. The van der Waals surface area contributed by atoms with Crippen molar-refractivity contribution >= 4 is 5.91 Å². The summed E-state index contributed by atoms with van der Waals surface area (Å²) in [5, 5.41) is 6.33. The van der Waals surface area contributed by atoms with Crippen LogP contribution in [0.4, 0.5) is 0 Å². The van der Waals surface area contributed by atoms with Crippen LogP contribution in [0.2, 0.25) is 0 Å². The molecule has 0 aliphatic rings. The van der Waals surface area contributed by atoms with E-state index in [2.05, 4.69) is 22.3 Å². The lowest BCUT2D eigenvalue weighted by Gasteiger charge is -2.04. The largest absolute Gasteiger partial charge is 0.356 e. The third-order valence-electron chi connectivity index (χ3n) is 2.83. The van der Waals surface area contributed by atoms with E-state index in [-0.39, 0.29) is 5.91 Å². The Kier molecular flexibility index (Phi) is 12.9. The lowest BCUT2D eigenvalue weighted by Crippen LogP contribution is -2.24. The summed E-state index contributed by atoms with van der Waals surface area (Å²) in [6.45, 7) is 3.41. The fourth-order valence-electron chi connectivity index (χ4n) is 1.73. The van der Waals surface area contributed by atoms with Gasteiger partial charge in [-0.1, -0.05) is 44.1 Å². The summed E-state index contributed by atoms with van der Waals surface area (Å²) >= 11 is 0. The lowest BCUT2D eigenvalue weighted by atomic mass is 10.1. The van der Waals surface area contributed by atoms with Gasteiger partial charge in [-0.15, -0.1) is 0 Å². The maximum atomic E-state index is 11.4. The summed E-state index contributed by atoms with van der Waals surface area (Å²) in [6, 6.07) is 0. The van der Waals surface area contributed by atoms with Crippen LogP contribution in [-0.4, -0.2) is 19.0 Å². The Hall–Kier alpha value is -1.22. The second kappa shape index (κ2) is 13.8. The SMILES string of the molecule is CCCCCCCCC(=O)NCCCCN=[N+]=[N-]. The summed E-state index contributed by atoms with van der Waals surface area (Å²) < 4.78 is 0. The molecule has 0 rings (SSSR count). The van der Waals surface area contributed by atoms with Gasteiger partial charge in [0.25, 0.3) is 0 Å². The van der Waals surface area contributed by atoms with E-state index in [9.17, 15) is 4.79 Å². The molecule has 0 aromatic heterocycles. The Balaban J connectivity index is 3.19. The van der Waals surface area contributed by atoms with Crippen molar-refractivity contribution in [2.45, 2.75) is 64.7 Å². The Bertz CT molecular complexity index is 249. The first-order chi connectivity index (χ1) is 8.81. The van der Waals surface area contributed by atoms with Crippen molar-refractivity contribution in [3.8, 4) is 0 Å². The third-order valence-corrected chi connectivity index (χ3v) is 2.83. The molecule has 104 valence electrons. The summed E-state index contributed by atoms with van der Waals surface area (Å²) in [5.41, 5.74) is 8.07. The highest BCUT2D eigenvalue weighted by atomic mass is 16.1. The molecule has 0 fully saturated rings. The monoisotopic (exact) mass is 254 g/mol. The van der Waals surface area contributed by atoms with Crippen molar-refractivity contribution in [1.82, 2.24) is 5.32 Å². The highest BCUT2D eigenvalue weighted by Gasteiger charge is 1.99. The first kappa shape index (κ1) is 16.8. The van der Waals surface area contributed by atoms with Crippen LogP contribution in [-0.2, 0) is 4.79 Å². The smallest absolute Gasteiger partial charge is 0.219 e. The van der Waals surface area contributed by atoms with Crippen molar-refractivity contribution in [2.24, 2.45) is 5.11 Å². The molecule has 18 heavy (non-hydrogen) atoms. The molecule has 1 amide bonds. The molecular weight excluding hydrogens is 228 g/mol. The van der Waals surface area contributed by atoms with E-state index in [0.717, 1.165) is 25.7 Å². The second-order valence-electron chi connectivity index (χ2n) is 4.53. The lowest BCUT2D eigenvalue weighted by molar-refractivity contribution is -0.121. The highest BCUT2D eigenvalue weighted by Crippen LogP contribution is 2.06. The molecule has 0 aromatic rings. The second-order valence-corrected chi connectivity index (χ2v) is 4.53. The number of hydrogen-bond donors (Lipinski definition) is 1. The number of azide groups is 1. The minimum Gasteiger partial charge on any atom is -0.356 e. The Morgan fingerprint density at radius 2 is 1.83 bits per heavy atom. The molecule has 0 saturated carbocycles. The molecule has 5 nitrogen and oxygen atoms in total. The summed E-state index contributed by atoms with van der Waals surface area (Å²) in [5.74, 6) is 0.147. The van der Waals surface area contributed by atoms with Gasteiger partial charge in [-0.3, -0.25) is 4.79 Å². The van der Waals surface area contributed by atoms with Gasteiger partial charge in [0.15, 0.2) is 0 Å². The molecule has 0 bridgehead atoms. The molecule has 1 N–H and O–H groups in total. The first-order valence-corrected chi connectivity index (χ1v) is 7.08. The van der Waals surface area contributed by atoms with Crippen LogP contribution >= 0.6 is 0 Å². The van der Waals surface area contributed by atoms with E-state index < -0.39 is 0 Å². The number of nitrogens with one attached hydrogen (secondary N) is 1. The third kappa shape index (κ3) is 12.8. The zero-order valence-corrected chi connectivity index (χ0v) is 11.5. The Morgan fingerprint density at radius 3 is 2.56 bits per heavy atom. The van der Waals surface area contributed by atoms with E-state index >= 15 is 0 Å². The molecule has 0 aliphatic heterocycles. The maximum absolute atomic E-state index is 11.4. The molecular formula is C13H26N4O. The van der Waals surface area contributed by atoms with Crippen LogP contribution in [0.5, 0.6) is 0 Å². The van der Waals surface area contributed by atoms with E-state index in [1.807, 2.05) is 0 Å². The van der Waals surface area contributed by atoms with Crippen LogP contribution in [0.3, 0.4) is 0 Å². The van der Waals surface area contributed by atoms with Gasteiger partial charge in [-0.25, -0.2) is 0 Å². The van der Waals surface area contributed by atoms with Gasteiger partial charge in [0, 0.05) is 24.4 Å². The predicted octanol–water partition coefficient (Wildman–Crippen LogP) is 3.94. The van der Waals surface area contributed by atoms with Gasteiger partial charge in [-0.05, 0) is 24.8 Å². The highest BCUT2D eigenvalue weighted by molar-refractivity contribution is 5.75. The molecule has 0 aliphatic carbocycles. The van der Waals surface area contributed by atoms with Crippen LogP contribution in [0, 0.1) is 0 Å². The molecule has 5 heteroatoms. The van der Waals surface area contributed by atoms with Crippen molar-refractivity contribution in [3.63, 3.8) is 0 Å². The van der Waals surface area contributed by atoms with Gasteiger partial charge in [0.2, 0.25) is 5.91 Å². The van der Waals surface area contributed by atoms with Crippen molar-refractivity contribution in [3.05, 3.63) is 10.4 Å². The number of rotatable bonds is 12. The van der Waals surface area contributed by atoms with Gasteiger partial charge >= 0.3 is 0 Å². The number of unbranched alkanes of at least 4 members (excludes halogenated alkanes) is 6. The van der Waals surface area contributed by atoms with Gasteiger partial charge < -0.3 is 5.32 Å². The van der Waals surface area contributed by atoms with Crippen LogP contribution in [0.15, 0.2) is 5.11 Å². The average Bonchev–Trinajstić information content (AvgIpc) is 2.38. The average molecular weight is 254 g/mol. The van der Waals surface area contributed by atoms with E-state index in [1.165, 1.54) is 25.7 Å². The van der Waals surface area contributed by atoms with E-state index in [1.54, 1.807) is 0 Å². The molecule has 0 unspecified atom stereocenters. The van der Waals surface area contributed by atoms with Crippen LogP contribution in [0.1, 0.15) is 64.7 Å². The van der Waals surface area contributed by atoms with E-state index in [4.69, 9.17) is 5.53 Å². The van der Waals surface area contributed by atoms with Gasteiger partial charge in [-0.2, -0.15) is 0 Å². The van der Waals surface area contributed by atoms with Crippen LogP contribution in [0.25, 0.3) is 10.4 Å². The van der Waals surface area contributed by atoms with Crippen molar-refractivity contribution in [1.29, 1.82) is 0 Å². The molecule has 0 saturated heterocycles. The Morgan fingerprint density at radius 1 is 1.11 bits per heavy atom. The normalized spacial score (nSPS) is 9.83. The number of hydrogen-bond acceptors (Lipinski definition) is 2. The molecule has 0 radical (unpaired) electrons. The minimum atomic E-state index is 0.147. The van der Waals surface area contributed by atoms with Crippen LogP contribution < -0.4 is 5.32 Å². The molecule has 0 aromatic carbocycles. The number of carbonyl (C=O) groups excluding carboxylic acids is 1. The summed E-state index contributed by atoms with van der Waals surface area (Å²) in [7, 11) is 0. The fourth-order valence-corrected chi connectivity index (χ4v) is 1.73. The maximum Gasteiger partial charge on any atom is 0.219 e. The van der Waals surface area contributed by atoms with Crippen molar-refractivity contribution < 1.29 is 4.79 Å². The van der Waals surface area contributed by atoms with E-state index in [0.29, 0.717) is 19.5 Å². The topological polar surface area (TPSA) is 77.9 Å². The fraction of sp³-hybridized carbons (Fsp3) is 0.923. The Labute approximate surface area is 110 Å². The molecule has 0 atom stereocenters. The van der Waals surface area contributed by atoms with Gasteiger partial charge in [0.1, 0.15) is 0 Å². The summed E-state index contributed by atoms with van der Waals surface area (Å²) in [6.07, 6.45) is 9.60.